The van der Waals surface area contributed by atoms with Crippen molar-refractivity contribution in [1.29, 1.82) is 0 Å². The quantitative estimate of drug-likeness (QED) is 0.376. The van der Waals surface area contributed by atoms with Crippen molar-refractivity contribution in [3.05, 3.63) is 6.42 Å². The van der Waals surface area contributed by atoms with E-state index in [-0.39, 0.29) is 51.4 Å². The monoisotopic (exact) mass is 83.0 g/mol. The van der Waals surface area contributed by atoms with Crippen LogP contribution in [0.1, 0.15) is 13.8 Å². The van der Waals surface area contributed by atoms with E-state index >= 15 is 0 Å². The Labute approximate surface area is 70.4 Å². The van der Waals surface area contributed by atoms with E-state index in [0.29, 0.717) is 0 Å². The van der Waals surface area contributed by atoms with Gasteiger partial charge < -0.3 is 0 Å². The van der Waals surface area contributed by atoms with Crippen LogP contribution in [0.15, 0.2) is 0 Å². The third kappa shape index (κ3) is 9.44. The molecule has 0 aliphatic carbocycles. The fourth-order valence-corrected chi connectivity index (χ4v) is 0. The minimum atomic E-state index is 0. The van der Waals surface area contributed by atoms with E-state index in [0.717, 1.165) is 0 Å². The van der Waals surface area contributed by atoms with E-state index in [1.165, 1.54) is 0 Å². The van der Waals surface area contributed by atoms with Gasteiger partial charge in [-0.1, -0.05) is 13.8 Å². The first-order chi connectivity index (χ1) is 1.41. The molecule has 0 saturated heterocycles. The fraction of sp³-hybridized carbons (Fsp3) is 0.667. The van der Waals surface area contributed by atoms with Gasteiger partial charge in [0, 0.05) is 0 Å². The van der Waals surface area contributed by atoms with Gasteiger partial charge >= 0.3 is 51.4 Å². The molecule has 0 aliphatic rings. The Hall–Kier alpha value is 1.64. The molecule has 0 aromatic carbocycles. The fourth-order valence-electron chi connectivity index (χ4n) is 0. The van der Waals surface area contributed by atoms with Crippen LogP contribution in [0.3, 0.4) is 0 Å². The van der Waals surface area contributed by atoms with Crippen LogP contribution in [0.5, 0.6) is 0 Å². The molecule has 0 saturated carbocycles. The summed E-state index contributed by atoms with van der Waals surface area (Å²) in [6.45, 7) is 4.00. The molecule has 0 fully saturated rings. The average molecular weight is 83.2 g/mol. The Morgan fingerprint density at radius 1 is 1.25 bits per heavy atom. The van der Waals surface area contributed by atoms with Crippen LogP contribution < -0.4 is 0 Å². The van der Waals surface area contributed by atoms with Crippen molar-refractivity contribution in [2.75, 3.05) is 0 Å². The molecule has 21 valence electrons. The summed E-state index contributed by atoms with van der Waals surface area (Å²) >= 11 is 0. The third-order valence-corrected chi connectivity index (χ3v) is 0. The van der Waals surface area contributed by atoms with Crippen LogP contribution in [-0.2, 0) is 0 Å². The van der Waals surface area contributed by atoms with Crippen LogP contribution in [0.25, 0.3) is 0 Å². The maximum absolute atomic E-state index is 2.00. The molecule has 0 bridgehead atoms. The van der Waals surface area contributed by atoms with Gasteiger partial charge in [-0.15, -0.1) is 0 Å². The van der Waals surface area contributed by atoms with Crippen molar-refractivity contribution in [3.8, 4) is 0 Å². The van der Waals surface area contributed by atoms with Crippen LogP contribution >= 0.6 is 0 Å². The summed E-state index contributed by atoms with van der Waals surface area (Å²) in [4.78, 5) is 0. The number of rotatable bonds is 0. The van der Waals surface area contributed by atoms with Gasteiger partial charge in [-0.3, -0.25) is 0 Å². The molecule has 1 heteroatoms. The summed E-state index contributed by atoms with van der Waals surface area (Å²) < 4.78 is 0. The second-order valence-electron chi connectivity index (χ2n) is 0.577. The molecular formula is C3H8K. The first kappa shape index (κ1) is 9.16. The van der Waals surface area contributed by atoms with Crippen molar-refractivity contribution in [2.24, 2.45) is 0 Å². The molecule has 0 amide bonds. The van der Waals surface area contributed by atoms with Crippen LogP contribution in [0.2, 0.25) is 0 Å². The number of hydrogen-bond acceptors (Lipinski definition) is 0. The zero-order chi connectivity index (χ0) is 2.71. The summed E-state index contributed by atoms with van der Waals surface area (Å²) in [6.07, 6.45) is 2.00. The van der Waals surface area contributed by atoms with Gasteiger partial charge in [0.2, 0.25) is 0 Å². The number of hydrogen-bond donors (Lipinski definition) is 0. The third-order valence-electron chi connectivity index (χ3n) is 0. The summed E-state index contributed by atoms with van der Waals surface area (Å²) in [5.41, 5.74) is 0. The molecule has 4 heavy (non-hydrogen) atoms. The van der Waals surface area contributed by atoms with E-state index in [1.54, 1.807) is 0 Å². The molecule has 0 aliphatic heterocycles. The van der Waals surface area contributed by atoms with Crippen LogP contribution in [-0.4, -0.2) is 51.4 Å². The van der Waals surface area contributed by atoms with E-state index in [1.807, 2.05) is 20.3 Å². The van der Waals surface area contributed by atoms with Crippen molar-refractivity contribution in [3.63, 3.8) is 0 Å². The zero-order valence-electron chi connectivity index (χ0n) is 2.58. The Morgan fingerprint density at radius 3 is 1.25 bits per heavy atom. The molecule has 0 nitrogen and oxygen atoms in total. The molecular weight excluding hydrogens is 75.1 g/mol. The maximum atomic E-state index is 2.00. The average Bonchev–Trinajstić information content (AvgIpc) is 0.918. The standard InChI is InChI=1S/C3H7.K.H/c1-3-2;;/h3H,1-2H3;;. The Balaban J connectivity index is 0. The summed E-state index contributed by atoms with van der Waals surface area (Å²) in [6, 6.07) is 0. The summed E-state index contributed by atoms with van der Waals surface area (Å²) in [7, 11) is 0. The zero-order valence-corrected chi connectivity index (χ0v) is 2.58. The van der Waals surface area contributed by atoms with Gasteiger partial charge in [-0.2, -0.15) is 0 Å². The SMILES string of the molecule is C[CH]C.[KH]. The van der Waals surface area contributed by atoms with E-state index in [4.69, 9.17) is 0 Å². The summed E-state index contributed by atoms with van der Waals surface area (Å²) in [5, 5.41) is 0. The Kier molecular flexibility index (Phi) is 20.2. The molecule has 0 unspecified atom stereocenters. The van der Waals surface area contributed by atoms with Gasteiger partial charge in [-0.25, -0.2) is 0 Å². The molecule has 0 aromatic rings. The second kappa shape index (κ2) is 8.82. The van der Waals surface area contributed by atoms with Crippen molar-refractivity contribution in [1.82, 2.24) is 0 Å². The van der Waals surface area contributed by atoms with Crippen molar-refractivity contribution in [2.45, 2.75) is 13.8 Å². The van der Waals surface area contributed by atoms with Gasteiger partial charge in [0.15, 0.2) is 0 Å². The van der Waals surface area contributed by atoms with Crippen LogP contribution in [0, 0.1) is 6.42 Å². The molecule has 0 N–H and O–H groups in total. The first-order valence-electron chi connectivity index (χ1n) is 1.15. The Bertz CT molecular complexity index is 3.25. The predicted molar refractivity (Wildman–Crippen MR) is 22.8 cm³/mol. The van der Waals surface area contributed by atoms with E-state index in [9.17, 15) is 0 Å². The molecule has 1 radical (unpaired) electrons. The van der Waals surface area contributed by atoms with Crippen molar-refractivity contribution >= 4 is 51.4 Å². The minimum absolute atomic E-state index is 0. The predicted octanol–water partition coefficient (Wildman–Crippen LogP) is 0.582. The topological polar surface area (TPSA) is 0 Å². The van der Waals surface area contributed by atoms with Crippen LogP contribution in [0.4, 0.5) is 0 Å². The van der Waals surface area contributed by atoms with Gasteiger partial charge in [0.1, 0.15) is 0 Å². The van der Waals surface area contributed by atoms with Gasteiger partial charge in [0.25, 0.3) is 0 Å². The molecule has 0 aromatic heterocycles. The first-order valence-corrected chi connectivity index (χ1v) is 1.15. The van der Waals surface area contributed by atoms with Crippen molar-refractivity contribution < 1.29 is 0 Å². The van der Waals surface area contributed by atoms with Gasteiger partial charge in [0.05, 0.1) is 0 Å². The molecule has 0 atom stereocenters. The normalized spacial score (nSPS) is 4.50. The van der Waals surface area contributed by atoms with E-state index < -0.39 is 0 Å². The molecule has 0 rings (SSSR count). The van der Waals surface area contributed by atoms with E-state index in [2.05, 4.69) is 0 Å². The molecule has 0 heterocycles. The summed E-state index contributed by atoms with van der Waals surface area (Å²) in [5.74, 6) is 0. The Morgan fingerprint density at radius 2 is 1.25 bits per heavy atom. The second-order valence-corrected chi connectivity index (χ2v) is 0.577. The van der Waals surface area contributed by atoms with Gasteiger partial charge in [-0.05, 0) is 6.42 Å². The molecule has 0 spiro atoms.